The molecule has 0 saturated heterocycles. The smallest absolute Gasteiger partial charge is 0.196 e. The molecule has 3 saturated carbocycles. The van der Waals surface area contributed by atoms with Gasteiger partial charge in [-0.1, -0.05) is 26.8 Å². The Hall–Kier alpha value is -0.420. The molecule has 0 aliphatic heterocycles. The Morgan fingerprint density at radius 2 is 1.93 bits per heavy atom. The molecule has 3 fully saturated rings. The summed E-state index contributed by atoms with van der Waals surface area (Å²) in [7, 11) is 0. The van der Waals surface area contributed by atoms with Crippen LogP contribution in [0.3, 0.4) is 0 Å². The van der Waals surface area contributed by atoms with E-state index in [4.69, 9.17) is 34.8 Å². The molecule has 0 heterocycles. The number of halogens is 4. The number of alkyl halides is 4. The van der Waals surface area contributed by atoms with Gasteiger partial charge in [0.15, 0.2) is 18.2 Å². The first-order chi connectivity index (χ1) is 13.4. The van der Waals surface area contributed by atoms with E-state index >= 15 is 0 Å². The summed E-state index contributed by atoms with van der Waals surface area (Å²) in [5.41, 5.74) is -2.63. The number of fused-ring (bicyclic) bond motifs is 5. The number of aliphatic hydroxyl groups is 1. The number of carbonyl (C=O) groups excluding carboxylic acids is 2. The summed E-state index contributed by atoms with van der Waals surface area (Å²) in [6.45, 7) is 4.40. The molecule has 0 bridgehead atoms. The van der Waals surface area contributed by atoms with Crippen LogP contribution in [0, 0.1) is 28.6 Å². The van der Waals surface area contributed by atoms with E-state index in [9.17, 15) is 19.1 Å². The summed E-state index contributed by atoms with van der Waals surface area (Å²) in [5.74, 6) is -1.65. The van der Waals surface area contributed by atoms with E-state index in [-0.39, 0.29) is 24.0 Å². The largest absolute Gasteiger partial charge is 0.381 e. The molecule has 0 spiro atoms. The highest BCUT2D eigenvalue weighted by Gasteiger charge is 2.75. The van der Waals surface area contributed by atoms with Crippen LogP contribution in [0.25, 0.3) is 0 Å². The van der Waals surface area contributed by atoms with Gasteiger partial charge < -0.3 is 5.11 Å². The van der Waals surface area contributed by atoms with E-state index in [1.54, 1.807) is 13.0 Å². The highest BCUT2D eigenvalue weighted by atomic mass is 35.5. The van der Waals surface area contributed by atoms with Gasteiger partial charge in [0, 0.05) is 10.8 Å². The van der Waals surface area contributed by atoms with Crippen molar-refractivity contribution in [1.82, 2.24) is 0 Å². The number of hydrogen-bond donors (Lipinski definition) is 1. The Labute approximate surface area is 185 Å². The van der Waals surface area contributed by atoms with Crippen molar-refractivity contribution in [1.29, 1.82) is 0 Å². The quantitative estimate of drug-likeness (QED) is 0.609. The van der Waals surface area contributed by atoms with E-state index in [1.165, 1.54) is 6.08 Å². The van der Waals surface area contributed by atoms with Gasteiger partial charge in [0.25, 0.3) is 0 Å². The van der Waals surface area contributed by atoms with Gasteiger partial charge in [0.05, 0.1) is 15.6 Å². The van der Waals surface area contributed by atoms with Crippen molar-refractivity contribution in [3.8, 4) is 0 Å². The molecule has 0 aromatic heterocycles. The molecule has 7 heteroatoms. The Bertz CT molecular complexity index is 843. The molecule has 9 atom stereocenters. The lowest BCUT2D eigenvalue weighted by atomic mass is 9.46. The minimum Gasteiger partial charge on any atom is -0.381 e. The van der Waals surface area contributed by atoms with Crippen LogP contribution >= 0.6 is 34.8 Å². The van der Waals surface area contributed by atoms with Crippen LogP contribution in [-0.4, -0.2) is 44.6 Å². The van der Waals surface area contributed by atoms with Gasteiger partial charge in [-0.25, -0.2) is 4.39 Å². The Morgan fingerprint density at radius 1 is 1.28 bits per heavy atom. The molecule has 4 aliphatic rings. The number of rotatable bonds is 2. The van der Waals surface area contributed by atoms with E-state index in [2.05, 4.69) is 0 Å². The molecule has 1 N–H and O–H groups in total. The maximum atomic E-state index is 13.4. The normalized spacial score (nSPS) is 53.7. The number of ketones is 2. The van der Waals surface area contributed by atoms with Crippen molar-refractivity contribution in [2.75, 3.05) is 6.67 Å². The van der Waals surface area contributed by atoms with Crippen molar-refractivity contribution >= 4 is 46.4 Å². The molecule has 3 nitrogen and oxygen atoms in total. The van der Waals surface area contributed by atoms with Gasteiger partial charge in [-0.2, -0.15) is 0 Å². The molecule has 4 rings (SSSR count). The van der Waals surface area contributed by atoms with Crippen molar-refractivity contribution < 1.29 is 19.1 Å². The van der Waals surface area contributed by atoms with Crippen molar-refractivity contribution in [2.24, 2.45) is 28.6 Å². The average Bonchev–Trinajstić information content (AvgIpc) is 2.86. The summed E-state index contributed by atoms with van der Waals surface area (Å²) >= 11 is 21.1. The minimum absolute atomic E-state index is 0.119. The van der Waals surface area contributed by atoms with Crippen LogP contribution in [0.5, 0.6) is 0 Å². The monoisotopic (exact) mass is 462 g/mol. The second-order valence-corrected chi connectivity index (χ2v) is 11.5. The molecule has 3 unspecified atom stereocenters. The SMILES string of the molecule is CC1C[C@H]2[C@@H]3CC(Cl)C4=CC(=O)C=C[C@]4(C)[C@@]3(Cl)C(Cl)C[C@]2(C)[C@@]1(O)C(=O)CF. The van der Waals surface area contributed by atoms with Gasteiger partial charge >= 0.3 is 0 Å². The molecule has 0 amide bonds. The molecule has 0 aromatic carbocycles. The van der Waals surface area contributed by atoms with Crippen LogP contribution < -0.4 is 0 Å². The van der Waals surface area contributed by atoms with Gasteiger partial charge in [-0.15, -0.1) is 34.8 Å². The van der Waals surface area contributed by atoms with Crippen LogP contribution in [0.1, 0.15) is 40.0 Å². The summed E-state index contributed by atoms with van der Waals surface area (Å²) in [6, 6.07) is 0. The Morgan fingerprint density at radius 3 is 2.55 bits per heavy atom. The predicted molar refractivity (Wildman–Crippen MR) is 112 cm³/mol. The molecule has 4 aliphatic carbocycles. The first kappa shape index (κ1) is 21.8. The third kappa shape index (κ3) is 2.41. The minimum atomic E-state index is -1.78. The van der Waals surface area contributed by atoms with Gasteiger partial charge in [-0.3, -0.25) is 9.59 Å². The lowest BCUT2D eigenvalue weighted by Gasteiger charge is -2.64. The maximum Gasteiger partial charge on any atom is 0.196 e. The van der Waals surface area contributed by atoms with E-state index in [1.807, 2.05) is 19.9 Å². The molecule has 0 radical (unpaired) electrons. The second-order valence-electron chi connectivity index (χ2n) is 9.77. The molecule has 160 valence electrons. The first-order valence-corrected chi connectivity index (χ1v) is 11.4. The Balaban J connectivity index is 1.87. The summed E-state index contributed by atoms with van der Waals surface area (Å²) in [5, 5.41) is 10.5. The van der Waals surface area contributed by atoms with Gasteiger partial charge in [0.1, 0.15) is 5.60 Å². The second kappa shape index (κ2) is 6.54. The van der Waals surface area contributed by atoms with Crippen LogP contribution in [0.2, 0.25) is 0 Å². The first-order valence-electron chi connectivity index (χ1n) is 10.1. The van der Waals surface area contributed by atoms with E-state index < -0.39 is 50.4 Å². The molecule has 0 aromatic rings. The van der Waals surface area contributed by atoms with Crippen LogP contribution in [0.15, 0.2) is 23.8 Å². The lowest BCUT2D eigenvalue weighted by molar-refractivity contribution is -0.165. The number of Topliss-reactive ketones (excluding diaryl/α,β-unsaturated/α-hetero) is 1. The number of hydrogen-bond acceptors (Lipinski definition) is 3. The number of carbonyl (C=O) groups is 2. The molecule has 29 heavy (non-hydrogen) atoms. The van der Waals surface area contributed by atoms with Crippen molar-refractivity contribution in [2.45, 2.75) is 61.3 Å². The van der Waals surface area contributed by atoms with Gasteiger partial charge in [0.2, 0.25) is 0 Å². The van der Waals surface area contributed by atoms with Crippen LogP contribution in [-0.2, 0) is 9.59 Å². The fourth-order valence-corrected chi connectivity index (χ4v) is 8.85. The van der Waals surface area contributed by atoms with Crippen molar-refractivity contribution in [3.05, 3.63) is 23.8 Å². The Kier molecular flexibility index (Phi) is 4.92. The highest BCUT2D eigenvalue weighted by Crippen LogP contribution is 2.72. The molecular weight excluding hydrogens is 438 g/mol. The average molecular weight is 464 g/mol. The fraction of sp³-hybridized carbons (Fsp3) is 0.727. The summed E-state index contributed by atoms with van der Waals surface area (Å²) in [4.78, 5) is 23.6. The topological polar surface area (TPSA) is 54.4 Å². The standard InChI is InChI=1S/C22H26Cl3FO3/c1-11-6-13-14-8-16(23)15-7-12(27)4-5-19(15,2)21(14,25)17(24)9-20(13,3)22(11,29)18(28)10-26/h4-5,7,11,13-14,16-17,29H,6,8-10H2,1-3H3/t11?,13-,14-,16?,17?,19-,20-,21-,22-/m0/s1. The van der Waals surface area contributed by atoms with Crippen LogP contribution in [0.4, 0.5) is 4.39 Å². The van der Waals surface area contributed by atoms with E-state index in [0.717, 1.165) is 5.57 Å². The number of allylic oxidation sites excluding steroid dienone is 4. The fourth-order valence-electron chi connectivity index (χ4n) is 7.17. The maximum absolute atomic E-state index is 13.4. The zero-order valence-corrected chi connectivity index (χ0v) is 19.0. The van der Waals surface area contributed by atoms with Crippen molar-refractivity contribution in [3.63, 3.8) is 0 Å². The third-order valence-electron chi connectivity index (χ3n) is 8.71. The van der Waals surface area contributed by atoms with E-state index in [0.29, 0.717) is 12.8 Å². The lowest BCUT2D eigenvalue weighted by Crippen LogP contribution is -2.68. The zero-order valence-electron chi connectivity index (χ0n) is 16.7. The summed E-state index contributed by atoms with van der Waals surface area (Å²) < 4.78 is 13.4. The predicted octanol–water partition coefficient (Wildman–Crippen LogP) is 4.61. The zero-order chi connectivity index (χ0) is 21.6. The third-order valence-corrected chi connectivity index (χ3v) is 10.7. The van der Waals surface area contributed by atoms with Gasteiger partial charge in [-0.05, 0) is 54.7 Å². The highest BCUT2D eigenvalue weighted by molar-refractivity contribution is 6.34. The summed E-state index contributed by atoms with van der Waals surface area (Å²) in [6.07, 6.45) is 6.21. The molecular formula is C22H26Cl3FO3.